The van der Waals surface area contributed by atoms with Crippen LogP contribution in [0.4, 0.5) is 0 Å². The number of nitrogens with zero attached hydrogens (tertiary/aromatic N) is 1. The molecule has 0 fully saturated rings. The highest BCUT2D eigenvalue weighted by Crippen LogP contribution is 2.41. The number of benzene rings is 3. The zero-order valence-corrected chi connectivity index (χ0v) is 14.8. The van der Waals surface area contributed by atoms with Gasteiger partial charge in [0.1, 0.15) is 16.1 Å². The van der Waals surface area contributed by atoms with Crippen molar-refractivity contribution in [2.24, 2.45) is 7.05 Å². The van der Waals surface area contributed by atoms with Crippen molar-refractivity contribution >= 4 is 37.5 Å². The minimum atomic E-state index is -0.960. The fraction of sp³-hybridized carbons (Fsp3) is 0.0526. The van der Waals surface area contributed by atoms with Crippen LogP contribution >= 0.6 is 10.7 Å². The molecular weight excluding hydrogens is 358 g/mol. The molecule has 0 aliphatic carbocycles. The summed E-state index contributed by atoms with van der Waals surface area (Å²) in [5, 5.41) is 11.8. The van der Waals surface area contributed by atoms with Crippen molar-refractivity contribution in [3.8, 4) is 4.90 Å². The summed E-state index contributed by atoms with van der Waals surface area (Å²) in [7, 11) is 1.15. The van der Waals surface area contributed by atoms with Gasteiger partial charge in [0.25, 0.3) is 0 Å². The molecule has 0 saturated heterocycles. The van der Waals surface area contributed by atoms with Crippen LogP contribution in [0.1, 0.15) is 10.4 Å². The van der Waals surface area contributed by atoms with Gasteiger partial charge in [-0.25, -0.2) is 4.79 Å². The van der Waals surface area contributed by atoms with Gasteiger partial charge in [0, 0.05) is 12.1 Å². The maximum atomic E-state index is 12.6. The van der Waals surface area contributed by atoms with Crippen LogP contribution in [0.5, 0.6) is 0 Å². The van der Waals surface area contributed by atoms with E-state index in [0.29, 0.717) is 10.8 Å². The molecule has 3 aromatic carbocycles. The number of carboxylic acid groups (broad SMARTS) is 1. The molecule has 4 nitrogen and oxygen atoms in total. The predicted octanol–water partition coefficient (Wildman–Crippen LogP) is 1.13. The summed E-state index contributed by atoms with van der Waals surface area (Å²) in [6, 6.07) is 18.5. The van der Waals surface area contributed by atoms with Gasteiger partial charge in [-0.15, -0.1) is 3.96 Å². The third kappa shape index (κ3) is 2.52. The Morgan fingerprint density at radius 1 is 1.00 bits per heavy atom. The zero-order chi connectivity index (χ0) is 16.8. The maximum absolute atomic E-state index is 12.6. The summed E-state index contributed by atoms with van der Waals surface area (Å²) in [6.07, 6.45) is 0. The average molecular weight is 372 g/mol. The summed E-state index contributed by atoms with van der Waals surface area (Å²) >= 11 is 0. The Kier molecular flexibility index (Phi) is 4.37. The molecule has 0 spiro atoms. The maximum Gasteiger partial charge on any atom is 0.336 e. The van der Waals surface area contributed by atoms with Gasteiger partial charge in [0.05, 0.1) is 18.0 Å². The molecule has 1 aromatic heterocycles. The summed E-state index contributed by atoms with van der Waals surface area (Å²) in [5.41, 5.74) is 0.236. The number of fused-ring (bicyclic) bond motifs is 2. The standard InChI is InChI=1S/C19H13NO3S.ClH/c1-20-18(21)13-8-2-3-10-15(13)24(20)16-11-5-7-12-6-4-9-14(17(12)16)19(22)23;/h2-11H,1H3;1H. The van der Waals surface area contributed by atoms with Gasteiger partial charge in [-0.05, 0) is 17.5 Å². The Bertz CT molecular complexity index is 1170. The number of hydrogen-bond acceptors (Lipinski definition) is 2. The van der Waals surface area contributed by atoms with Gasteiger partial charge in [0.15, 0.2) is 0 Å². The van der Waals surface area contributed by atoms with Crippen molar-refractivity contribution in [1.82, 2.24) is 3.96 Å². The first-order chi connectivity index (χ1) is 11.6. The smallest absolute Gasteiger partial charge is 0.336 e. The number of aromatic carboxylic acids is 1. The van der Waals surface area contributed by atoms with Gasteiger partial charge in [0.2, 0.25) is 9.60 Å². The molecule has 0 radical (unpaired) electrons. The molecule has 4 aromatic rings. The molecule has 4 rings (SSSR count). The number of rotatable bonds is 2. The first-order valence-corrected chi connectivity index (χ1v) is 8.64. The van der Waals surface area contributed by atoms with Crippen molar-refractivity contribution in [2.75, 3.05) is 0 Å². The molecule has 0 aliphatic heterocycles. The second kappa shape index (κ2) is 6.35. The van der Waals surface area contributed by atoms with Gasteiger partial charge >= 0.3 is 11.5 Å². The van der Waals surface area contributed by atoms with Crippen LogP contribution in [0.2, 0.25) is 0 Å². The quantitative estimate of drug-likeness (QED) is 0.537. The van der Waals surface area contributed by atoms with Gasteiger partial charge in [-0.1, -0.05) is 36.4 Å². The molecule has 0 amide bonds. The molecule has 1 unspecified atom stereocenters. The highest BCUT2D eigenvalue weighted by atomic mass is 35.5. The Morgan fingerprint density at radius 3 is 2.40 bits per heavy atom. The largest absolute Gasteiger partial charge is 1.00 e. The van der Waals surface area contributed by atoms with Gasteiger partial charge < -0.3 is 17.5 Å². The molecule has 25 heavy (non-hydrogen) atoms. The Morgan fingerprint density at radius 2 is 1.68 bits per heavy atom. The summed E-state index contributed by atoms with van der Waals surface area (Å²) in [5.74, 6) is -0.960. The van der Waals surface area contributed by atoms with Crippen molar-refractivity contribution in [3.05, 3.63) is 76.6 Å². The number of carboxylic acids is 1. The monoisotopic (exact) mass is 371 g/mol. The second-order valence-corrected chi connectivity index (χ2v) is 7.55. The first kappa shape index (κ1) is 17.2. The van der Waals surface area contributed by atoms with E-state index in [1.54, 1.807) is 23.1 Å². The zero-order valence-electron chi connectivity index (χ0n) is 13.3. The normalized spacial score (nSPS) is 11.5. The Labute approximate surface area is 152 Å². The van der Waals surface area contributed by atoms with E-state index in [1.165, 1.54) is 0 Å². The predicted molar refractivity (Wildman–Crippen MR) is 97.5 cm³/mol. The SMILES string of the molecule is Cn1c(=O)c2ccccc2[s+]1-c1cccc2cccc(C(=O)O)c12.[Cl-]. The van der Waals surface area contributed by atoms with E-state index in [2.05, 4.69) is 0 Å². The van der Waals surface area contributed by atoms with Crippen molar-refractivity contribution in [2.45, 2.75) is 0 Å². The number of aromatic nitrogens is 1. The van der Waals surface area contributed by atoms with Crippen LogP contribution in [0.3, 0.4) is 0 Å². The van der Waals surface area contributed by atoms with Crippen LogP contribution in [-0.4, -0.2) is 15.0 Å². The van der Waals surface area contributed by atoms with Crippen molar-refractivity contribution in [1.29, 1.82) is 0 Å². The number of carbonyl (C=O) groups is 1. The van der Waals surface area contributed by atoms with E-state index >= 15 is 0 Å². The summed E-state index contributed by atoms with van der Waals surface area (Å²) in [4.78, 5) is 25.1. The van der Waals surface area contributed by atoms with E-state index in [4.69, 9.17) is 0 Å². The fourth-order valence-corrected chi connectivity index (χ4v) is 5.41. The Balaban J connectivity index is 0.00000182. The third-order valence-corrected chi connectivity index (χ3v) is 6.43. The Hall–Kier alpha value is -2.63. The van der Waals surface area contributed by atoms with E-state index in [1.807, 2.05) is 48.5 Å². The molecule has 6 heteroatoms. The van der Waals surface area contributed by atoms with E-state index in [-0.39, 0.29) is 23.5 Å². The number of halogens is 1. The lowest BCUT2D eigenvalue weighted by atomic mass is 10.0. The topological polar surface area (TPSA) is 59.3 Å². The van der Waals surface area contributed by atoms with Crippen LogP contribution in [0.15, 0.2) is 65.5 Å². The molecule has 0 saturated carbocycles. The molecule has 0 bridgehead atoms. The molecule has 1 heterocycles. The second-order valence-electron chi connectivity index (χ2n) is 5.55. The highest BCUT2D eigenvalue weighted by molar-refractivity contribution is 7.41. The van der Waals surface area contributed by atoms with E-state index in [0.717, 1.165) is 15.0 Å². The van der Waals surface area contributed by atoms with Gasteiger partial charge in [-0.2, -0.15) is 0 Å². The number of hydrogen-bond donors (Lipinski definition) is 1. The first-order valence-electron chi connectivity index (χ1n) is 7.46. The molecule has 0 aliphatic rings. The highest BCUT2D eigenvalue weighted by Gasteiger charge is 2.27. The van der Waals surface area contributed by atoms with E-state index < -0.39 is 16.6 Å². The summed E-state index contributed by atoms with van der Waals surface area (Å²) in [6.45, 7) is 0. The van der Waals surface area contributed by atoms with Crippen molar-refractivity contribution in [3.63, 3.8) is 0 Å². The van der Waals surface area contributed by atoms with Crippen LogP contribution in [-0.2, 0) is 7.05 Å². The van der Waals surface area contributed by atoms with Gasteiger partial charge in [-0.3, -0.25) is 4.79 Å². The molecule has 1 atom stereocenters. The van der Waals surface area contributed by atoms with E-state index in [9.17, 15) is 14.7 Å². The fourth-order valence-electron chi connectivity index (χ4n) is 3.12. The van der Waals surface area contributed by atoms with Crippen LogP contribution in [0.25, 0.3) is 25.8 Å². The third-order valence-electron chi connectivity index (χ3n) is 4.19. The molecular formula is C19H14ClNO3S. The minimum Gasteiger partial charge on any atom is -1.00 e. The lowest BCUT2D eigenvalue weighted by Gasteiger charge is -2.04. The molecule has 126 valence electrons. The lowest BCUT2D eigenvalue weighted by molar-refractivity contribution is -0.0000202. The molecule has 1 N–H and O–H groups in total. The lowest BCUT2D eigenvalue weighted by Crippen LogP contribution is -3.00. The minimum absolute atomic E-state index is 0. The van der Waals surface area contributed by atoms with Crippen LogP contribution < -0.4 is 18.0 Å². The van der Waals surface area contributed by atoms with Crippen LogP contribution in [0, 0.1) is 0 Å². The summed E-state index contributed by atoms with van der Waals surface area (Å²) < 4.78 is 2.65. The average Bonchev–Trinajstić information content (AvgIpc) is 2.85. The van der Waals surface area contributed by atoms with Crippen molar-refractivity contribution < 1.29 is 22.3 Å².